The molecular weight excluding hydrogens is 565 g/mol. The van der Waals surface area contributed by atoms with Crippen LogP contribution in [0.3, 0.4) is 0 Å². The molecule has 0 spiro atoms. The molecule has 0 saturated heterocycles. The summed E-state index contributed by atoms with van der Waals surface area (Å²) in [6.07, 6.45) is 0. The number of benzene rings is 8. The molecule has 0 unspecified atom stereocenters. The number of aryl methyl sites for hydroxylation is 1. The zero-order chi connectivity index (χ0) is 34.2. The van der Waals surface area contributed by atoms with Gasteiger partial charge in [-0.25, -0.2) is 0 Å². The second-order valence-corrected chi connectivity index (χ2v) is 10.1. The van der Waals surface area contributed by atoms with E-state index in [1.54, 1.807) is 0 Å². The lowest BCUT2D eigenvalue weighted by Crippen LogP contribution is -1.88. The summed E-state index contributed by atoms with van der Waals surface area (Å²) in [7, 11) is 0. The average molecular weight is 617 g/mol. The van der Waals surface area contributed by atoms with Crippen LogP contribution in [0.25, 0.3) is 65.0 Å². The third-order valence-electron chi connectivity index (χ3n) is 7.90. The van der Waals surface area contributed by atoms with E-state index in [9.17, 15) is 0 Å². The Labute approximate surface area is 283 Å². The van der Waals surface area contributed by atoms with E-state index in [1.807, 2.05) is 55.4 Å². The normalized spacial score (nSPS) is 9.81. The Hall–Kier alpha value is -4.94. The minimum absolute atomic E-state index is 1.28. The second kappa shape index (κ2) is 18.9. The molecule has 0 atom stereocenters. The van der Waals surface area contributed by atoms with Gasteiger partial charge in [0.1, 0.15) is 0 Å². The minimum Gasteiger partial charge on any atom is -0.0683 e. The standard InChI is InChI=1S/C21H16.C18H12.4C2H6/c1-15-17-11-5-7-13-19(17)21(16-9-3-2-4-10-16)20-14-8-6-12-18(15)20;1-3-7-16-13(5-1)9-11-15-12-10-14-6-2-4-8-17(14)18(15)16;4*1-2/h2-14H,1H3;1-12H;4*1-2H3. The monoisotopic (exact) mass is 616 g/mol. The van der Waals surface area contributed by atoms with Crippen molar-refractivity contribution in [3.05, 3.63) is 157 Å². The van der Waals surface area contributed by atoms with Gasteiger partial charge in [-0.2, -0.15) is 0 Å². The average Bonchev–Trinajstić information content (AvgIpc) is 3.18. The first-order valence-electron chi connectivity index (χ1n) is 17.5. The summed E-state index contributed by atoms with van der Waals surface area (Å²) >= 11 is 0. The number of rotatable bonds is 1. The molecule has 0 fully saturated rings. The van der Waals surface area contributed by atoms with Crippen LogP contribution in [0.15, 0.2) is 152 Å². The van der Waals surface area contributed by atoms with Crippen molar-refractivity contribution in [1.82, 2.24) is 0 Å². The van der Waals surface area contributed by atoms with E-state index in [0.717, 1.165) is 0 Å². The van der Waals surface area contributed by atoms with E-state index in [4.69, 9.17) is 0 Å². The van der Waals surface area contributed by atoms with E-state index >= 15 is 0 Å². The Morgan fingerprint density at radius 1 is 0.277 bits per heavy atom. The summed E-state index contributed by atoms with van der Waals surface area (Å²) in [5.74, 6) is 0. The molecule has 47 heavy (non-hydrogen) atoms. The third-order valence-corrected chi connectivity index (χ3v) is 7.90. The van der Waals surface area contributed by atoms with Crippen LogP contribution in [0.1, 0.15) is 61.0 Å². The van der Waals surface area contributed by atoms with E-state index in [0.29, 0.717) is 0 Å². The maximum absolute atomic E-state index is 2.23. The van der Waals surface area contributed by atoms with Gasteiger partial charge < -0.3 is 0 Å². The lowest BCUT2D eigenvalue weighted by atomic mass is 9.89. The molecule has 0 radical (unpaired) electrons. The van der Waals surface area contributed by atoms with Gasteiger partial charge in [0, 0.05) is 0 Å². The molecule has 0 amide bonds. The highest BCUT2D eigenvalue weighted by Gasteiger charge is 2.12. The second-order valence-electron chi connectivity index (χ2n) is 10.1. The first-order chi connectivity index (χ1) is 23.3. The summed E-state index contributed by atoms with van der Waals surface area (Å²) in [6, 6.07) is 54.1. The summed E-state index contributed by atoms with van der Waals surface area (Å²) < 4.78 is 0. The van der Waals surface area contributed by atoms with Gasteiger partial charge in [-0.05, 0) is 77.5 Å². The molecule has 0 heterocycles. The van der Waals surface area contributed by atoms with E-state index in [-0.39, 0.29) is 0 Å². The molecule has 0 saturated carbocycles. The van der Waals surface area contributed by atoms with Gasteiger partial charge in [-0.1, -0.05) is 207 Å². The molecule has 8 aromatic carbocycles. The van der Waals surface area contributed by atoms with Crippen LogP contribution in [-0.2, 0) is 0 Å². The van der Waals surface area contributed by atoms with Crippen molar-refractivity contribution < 1.29 is 0 Å². The van der Waals surface area contributed by atoms with Crippen LogP contribution in [0.2, 0.25) is 0 Å². The summed E-state index contributed by atoms with van der Waals surface area (Å²) in [5, 5.41) is 13.3. The first-order valence-corrected chi connectivity index (χ1v) is 17.5. The van der Waals surface area contributed by atoms with Gasteiger partial charge in [0.15, 0.2) is 0 Å². The number of fused-ring (bicyclic) bond motifs is 7. The fourth-order valence-electron chi connectivity index (χ4n) is 6.04. The van der Waals surface area contributed by atoms with Crippen LogP contribution < -0.4 is 0 Å². The Bertz CT molecular complexity index is 1990. The topological polar surface area (TPSA) is 0 Å². The largest absolute Gasteiger partial charge is 0.0683 e. The van der Waals surface area contributed by atoms with Crippen LogP contribution in [-0.4, -0.2) is 0 Å². The fourth-order valence-corrected chi connectivity index (χ4v) is 6.04. The summed E-state index contributed by atoms with van der Waals surface area (Å²) in [5.41, 5.74) is 3.98. The molecule has 0 bridgehead atoms. The minimum atomic E-state index is 1.28. The molecule has 0 aliphatic heterocycles. The Morgan fingerprint density at radius 2 is 0.596 bits per heavy atom. The van der Waals surface area contributed by atoms with E-state index in [2.05, 4.69) is 159 Å². The van der Waals surface area contributed by atoms with Gasteiger partial charge in [-0.3, -0.25) is 0 Å². The van der Waals surface area contributed by atoms with Crippen molar-refractivity contribution in [3.8, 4) is 11.1 Å². The Kier molecular flexibility index (Phi) is 14.7. The molecule has 0 aliphatic carbocycles. The van der Waals surface area contributed by atoms with Gasteiger partial charge in [0.2, 0.25) is 0 Å². The van der Waals surface area contributed by atoms with Crippen molar-refractivity contribution >= 4 is 53.9 Å². The van der Waals surface area contributed by atoms with Crippen LogP contribution in [0.5, 0.6) is 0 Å². The first kappa shape index (κ1) is 36.5. The molecule has 0 aliphatic rings. The van der Waals surface area contributed by atoms with Gasteiger partial charge in [-0.15, -0.1) is 0 Å². The zero-order valence-corrected chi connectivity index (χ0v) is 29.9. The fraction of sp³-hybridized carbons (Fsp3) is 0.191. The highest BCUT2D eigenvalue weighted by molar-refractivity contribution is 6.20. The molecule has 0 N–H and O–H groups in total. The molecule has 0 nitrogen and oxygen atoms in total. The molecule has 0 heteroatoms. The molecule has 8 rings (SSSR count). The molecule has 0 aromatic heterocycles. The quantitative estimate of drug-likeness (QED) is 0.127. The van der Waals surface area contributed by atoms with Crippen LogP contribution >= 0.6 is 0 Å². The predicted molar refractivity (Wildman–Crippen MR) is 216 cm³/mol. The van der Waals surface area contributed by atoms with Crippen molar-refractivity contribution in [2.75, 3.05) is 0 Å². The highest BCUT2D eigenvalue weighted by atomic mass is 14.2. The predicted octanol–water partition coefficient (Wildman–Crippen LogP) is 15.2. The van der Waals surface area contributed by atoms with E-state index < -0.39 is 0 Å². The van der Waals surface area contributed by atoms with Crippen LogP contribution in [0.4, 0.5) is 0 Å². The lowest BCUT2D eigenvalue weighted by Gasteiger charge is -2.15. The SMILES string of the molecule is CC.CC.CC.CC.Cc1c2ccccc2c(-c2ccccc2)c2ccccc12.c1ccc2c(c1)ccc1ccc3ccccc3c12. The van der Waals surface area contributed by atoms with E-state index in [1.165, 1.54) is 70.6 Å². The highest BCUT2D eigenvalue weighted by Crippen LogP contribution is 2.38. The Balaban J connectivity index is 0.000000213. The van der Waals surface area contributed by atoms with Gasteiger partial charge >= 0.3 is 0 Å². The molecule has 240 valence electrons. The Morgan fingerprint density at radius 3 is 1.02 bits per heavy atom. The molecular formula is C47H52. The van der Waals surface area contributed by atoms with Crippen molar-refractivity contribution in [2.24, 2.45) is 0 Å². The van der Waals surface area contributed by atoms with Crippen molar-refractivity contribution in [2.45, 2.75) is 62.3 Å². The van der Waals surface area contributed by atoms with Crippen molar-refractivity contribution in [1.29, 1.82) is 0 Å². The summed E-state index contributed by atoms with van der Waals surface area (Å²) in [4.78, 5) is 0. The molecule has 8 aromatic rings. The smallest absolute Gasteiger partial charge is 0.00266 e. The van der Waals surface area contributed by atoms with Gasteiger partial charge in [0.25, 0.3) is 0 Å². The zero-order valence-electron chi connectivity index (χ0n) is 29.9. The maximum atomic E-state index is 2.23. The summed E-state index contributed by atoms with van der Waals surface area (Å²) in [6.45, 7) is 18.2. The lowest BCUT2D eigenvalue weighted by molar-refractivity contribution is 1.50. The number of hydrogen-bond acceptors (Lipinski definition) is 0. The maximum Gasteiger partial charge on any atom is -0.00266 e. The number of hydrogen-bond donors (Lipinski definition) is 0. The third kappa shape index (κ3) is 7.90. The van der Waals surface area contributed by atoms with Crippen LogP contribution in [0, 0.1) is 6.92 Å². The van der Waals surface area contributed by atoms with Crippen molar-refractivity contribution in [3.63, 3.8) is 0 Å². The van der Waals surface area contributed by atoms with Gasteiger partial charge in [0.05, 0.1) is 0 Å².